The van der Waals surface area contributed by atoms with Gasteiger partial charge in [-0.3, -0.25) is 4.90 Å². The average molecular weight is 293 g/mol. The van der Waals surface area contributed by atoms with Crippen LogP contribution in [-0.4, -0.2) is 29.6 Å². The molecule has 0 radical (unpaired) electrons. The molecule has 2 heteroatoms. The zero-order valence-corrected chi connectivity index (χ0v) is 14.3. The predicted octanol–water partition coefficient (Wildman–Crippen LogP) is 4.18. The van der Waals surface area contributed by atoms with Crippen molar-refractivity contribution in [3.05, 3.63) is 0 Å². The predicted molar refractivity (Wildman–Crippen MR) is 90.3 cm³/mol. The van der Waals surface area contributed by atoms with Crippen LogP contribution < -0.4 is 5.73 Å². The molecule has 0 bridgehead atoms. The fourth-order valence-corrected chi connectivity index (χ4v) is 6.11. The van der Waals surface area contributed by atoms with E-state index in [0.29, 0.717) is 5.54 Å². The van der Waals surface area contributed by atoms with Crippen LogP contribution in [0, 0.1) is 17.8 Å². The van der Waals surface area contributed by atoms with Crippen molar-refractivity contribution < 1.29 is 0 Å². The second-order valence-electron chi connectivity index (χ2n) is 8.35. The van der Waals surface area contributed by atoms with Crippen molar-refractivity contribution in [3.8, 4) is 0 Å². The lowest BCUT2D eigenvalue weighted by atomic mass is 9.64. The van der Waals surface area contributed by atoms with E-state index >= 15 is 0 Å². The summed E-state index contributed by atoms with van der Waals surface area (Å²) in [6, 6.07) is 0.857. The van der Waals surface area contributed by atoms with Crippen molar-refractivity contribution in [3.63, 3.8) is 0 Å². The maximum Gasteiger partial charge on any atom is 0.0365 e. The SMILES string of the molecule is CC(C)C1CCCCC1(CN)N1CCC[C@H]2CCCC[C@H]21. The molecule has 122 valence electrons. The van der Waals surface area contributed by atoms with Gasteiger partial charge in [-0.05, 0) is 62.8 Å². The molecule has 3 fully saturated rings. The lowest BCUT2D eigenvalue weighted by Gasteiger charge is -2.59. The Labute approximate surface area is 131 Å². The highest BCUT2D eigenvalue weighted by molar-refractivity contribution is 5.05. The Morgan fingerprint density at radius 1 is 1.00 bits per heavy atom. The van der Waals surface area contributed by atoms with Gasteiger partial charge in [-0.15, -0.1) is 0 Å². The van der Waals surface area contributed by atoms with Gasteiger partial charge in [-0.2, -0.15) is 0 Å². The number of fused-ring (bicyclic) bond motifs is 1. The molecule has 0 spiro atoms. The zero-order chi connectivity index (χ0) is 14.9. The van der Waals surface area contributed by atoms with E-state index in [9.17, 15) is 0 Å². The lowest BCUT2D eigenvalue weighted by Crippen LogP contribution is -2.66. The molecule has 21 heavy (non-hydrogen) atoms. The number of piperidine rings is 1. The van der Waals surface area contributed by atoms with Crippen LogP contribution in [0.15, 0.2) is 0 Å². The summed E-state index contributed by atoms with van der Waals surface area (Å²) in [5.41, 5.74) is 6.80. The first-order valence-electron chi connectivity index (χ1n) is 9.66. The molecule has 1 saturated heterocycles. The second kappa shape index (κ2) is 6.58. The third kappa shape index (κ3) is 2.79. The summed E-state index contributed by atoms with van der Waals surface area (Å²) in [6.07, 6.45) is 14.3. The number of rotatable bonds is 3. The largest absolute Gasteiger partial charge is 0.329 e. The molecule has 2 unspecified atom stereocenters. The molecule has 2 N–H and O–H groups in total. The van der Waals surface area contributed by atoms with E-state index in [1.54, 1.807) is 0 Å². The Balaban J connectivity index is 1.88. The van der Waals surface area contributed by atoms with Gasteiger partial charge in [0.1, 0.15) is 0 Å². The quantitative estimate of drug-likeness (QED) is 0.845. The van der Waals surface area contributed by atoms with Gasteiger partial charge in [0.25, 0.3) is 0 Å². The Morgan fingerprint density at radius 2 is 1.71 bits per heavy atom. The Bertz CT molecular complexity index is 338. The van der Waals surface area contributed by atoms with Gasteiger partial charge < -0.3 is 5.73 Å². The molecule has 2 nitrogen and oxygen atoms in total. The zero-order valence-electron chi connectivity index (χ0n) is 14.3. The number of hydrogen-bond donors (Lipinski definition) is 1. The molecular weight excluding hydrogens is 256 g/mol. The maximum atomic E-state index is 6.48. The summed E-state index contributed by atoms with van der Waals surface area (Å²) in [6.45, 7) is 7.08. The lowest BCUT2D eigenvalue weighted by molar-refractivity contribution is -0.0825. The molecule has 2 aliphatic carbocycles. The van der Waals surface area contributed by atoms with Crippen molar-refractivity contribution in [2.75, 3.05) is 13.1 Å². The van der Waals surface area contributed by atoms with Crippen LogP contribution in [0.3, 0.4) is 0 Å². The first-order chi connectivity index (χ1) is 10.2. The van der Waals surface area contributed by atoms with Gasteiger partial charge >= 0.3 is 0 Å². The third-order valence-electron chi connectivity index (χ3n) is 7.04. The topological polar surface area (TPSA) is 29.3 Å². The van der Waals surface area contributed by atoms with Gasteiger partial charge in [0.2, 0.25) is 0 Å². The van der Waals surface area contributed by atoms with Gasteiger partial charge in [-0.25, -0.2) is 0 Å². The molecule has 2 saturated carbocycles. The summed E-state index contributed by atoms with van der Waals surface area (Å²) in [5, 5.41) is 0. The van der Waals surface area contributed by atoms with Crippen molar-refractivity contribution in [1.82, 2.24) is 4.90 Å². The van der Waals surface area contributed by atoms with Crippen LogP contribution in [0.5, 0.6) is 0 Å². The van der Waals surface area contributed by atoms with Gasteiger partial charge in [0, 0.05) is 18.1 Å². The molecule has 4 atom stereocenters. The summed E-state index contributed by atoms with van der Waals surface area (Å²) in [7, 11) is 0. The number of likely N-dealkylation sites (tertiary alicyclic amines) is 1. The fourth-order valence-electron chi connectivity index (χ4n) is 6.11. The normalized spacial score (nSPS) is 42.0. The summed E-state index contributed by atoms with van der Waals surface area (Å²) < 4.78 is 0. The monoisotopic (exact) mass is 292 g/mol. The van der Waals surface area contributed by atoms with Crippen molar-refractivity contribution in [2.45, 2.75) is 89.6 Å². The molecule has 0 aromatic carbocycles. The first-order valence-corrected chi connectivity index (χ1v) is 9.66. The fraction of sp³-hybridized carbons (Fsp3) is 1.00. The van der Waals surface area contributed by atoms with E-state index < -0.39 is 0 Å². The Hall–Kier alpha value is -0.0800. The highest BCUT2D eigenvalue weighted by Crippen LogP contribution is 2.47. The maximum absolute atomic E-state index is 6.48. The molecule has 1 aliphatic heterocycles. The second-order valence-corrected chi connectivity index (χ2v) is 8.35. The summed E-state index contributed by atoms with van der Waals surface area (Å²) >= 11 is 0. The van der Waals surface area contributed by atoms with Crippen molar-refractivity contribution >= 4 is 0 Å². The van der Waals surface area contributed by atoms with Crippen molar-refractivity contribution in [1.29, 1.82) is 0 Å². The summed E-state index contributed by atoms with van der Waals surface area (Å²) in [4.78, 5) is 2.96. The molecule has 0 aromatic heterocycles. The molecular formula is C19H36N2. The molecule has 3 aliphatic rings. The van der Waals surface area contributed by atoms with E-state index in [1.165, 1.54) is 70.8 Å². The number of nitrogens with zero attached hydrogens (tertiary/aromatic N) is 1. The first kappa shape index (κ1) is 15.8. The molecule has 0 aromatic rings. The van der Waals surface area contributed by atoms with E-state index in [-0.39, 0.29) is 0 Å². The highest BCUT2D eigenvalue weighted by Gasteiger charge is 2.50. The molecule has 0 amide bonds. The number of nitrogens with two attached hydrogens (primary N) is 1. The third-order valence-corrected chi connectivity index (χ3v) is 7.04. The smallest absolute Gasteiger partial charge is 0.0365 e. The highest BCUT2D eigenvalue weighted by atomic mass is 15.3. The van der Waals surface area contributed by atoms with Crippen LogP contribution in [0.1, 0.15) is 78.1 Å². The van der Waals surface area contributed by atoms with E-state index in [4.69, 9.17) is 5.73 Å². The minimum atomic E-state index is 0.326. The average Bonchev–Trinajstić information content (AvgIpc) is 2.54. The van der Waals surface area contributed by atoms with E-state index in [0.717, 1.165) is 30.3 Å². The standard InChI is InChI=1S/C19H36N2/c1-15(2)17-10-5-6-12-19(17,14-20)21-13-7-9-16-8-3-4-11-18(16)21/h15-18H,3-14,20H2,1-2H3/t16-,17?,18-,19?/m1/s1. The Kier molecular flexibility index (Phi) is 4.95. The van der Waals surface area contributed by atoms with Gasteiger partial charge in [-0.1, -0.05) is 39.5 Å². The van der Waals surface area contributed by atoms with Crippen LogP contribution >= 0.6 is 0 Å². The Morgan fingerprint density at radius 3 is 2.48 bits per heavy atom. The van der Waals surface area contributed by atoms with Crippen LogP contribution in [0.25, 0.3) is 0 Å². The molecule has 3 rings (SSSR count). The minimum absolute atomic E-state index is 0.326. The minimum Gasteiger partial charge on any atom is -0.329 e. The van der Waals surface area contributed by atoms with Crippen LogP contribution in [0.2, 0.25) is 0 Å². The van der Waals surface area contributed by atoms with E-state index in [2.05, 4.69) is 18.7 Å². The van der Waals surface area contributed by atoms with Gasteiger partial charge in [0.05, 0.1) is 0 Å². The molecule has 1 heterocycles. The van der Waals surface area contributed by atoms with Gasteiger partial charge in [0.15, 0.2) is 0 Å². The van der Waals surface area contributed by atoms with Crippen LogP contribution in [-0.2, 0) is 0 Å². The van der Waals surface area contributed by atoms with Crippen molar-refractivity contribution in [2.24, 2.45) is 23.5 Å². The van der Waals surface area contributed by atoms with E-state index in [1.807, 2.05) is 0 Å². The number of hydrogen-bond acceptors (Lipinski definition) is 2. The summed E-state index contributed by atoms with van der Waals surface area (Å²) in [5.74, 6) is 2.57. The van der Waals surface area contributed by atoms with Crippen LogP contribution in [0.4, 0.5) is 0 Å².